The molecule has 38 heavy (non-hydrogen) atoms. The maximum Gasteiger partial charge on any atom is 0.389 e. The monoisotopic (exact) mass is 529 g/mol. The number of alkyl halides is 3. The van der Waals surface area contributed by atoms with Crippen molar-refractivity contribution in [2.75, 3.05) is 57.5 Å². The molecule has 2 fully saturated rings. The number of fused-ring (bicyclic) bond motifs is 1. The van der Waals surface area contributed by atoms with Gasteiger partial charge in [0, 0.05) is 57.3 Å². The number of carbonyl (C=O) groups is 1. The fourth-order valence-corrected chi connectivity index (χ4v) is 4.64. The Kier molecular flexibility index (Phi) is 8.15. The number of anilines is 1. The smallest absolute Gasteiger partial charge is 0.379 e. The van der Waals surface area contributed by atoms with Crippen LogP contribution in [0.3, 0.4) is 0 Å². The molecule has 2 aliphatic heterocycles. The molecule has 1 aromatic carbocycles. The molecule has 2 aromatic heterocycles. The lowest BCUT2D eigenvalue weighted by Crippen LogP contribution is -2.37. The molecule has 11 heteroatoms. The summed E-state index contributed by atoms with van der Waals surface area (Å²) < 4.78 is 48.3. The van der Waals surface area contributed by atoms with Crippen molar-refractivity contribution in [3.05, 3.63) is 47.7 Å². The molecule has 5 rings (SSSR count). The molecule has 0 radical (unpaired) electrons. The zero-order valence-electron chi connectivity index (χ0n) is 21.0. The van der Waals surface area contributed by atoms with Crippen LogP contribution in [-0.4, -0.2) is 84.4 Å². The van der Waals surface area contributed by atoms with E-state index in [9.17, 15) is 18.0 Å². The number of benzene rings is 1. The van der Waals surface area contributed by atoms with E-state index in [1.54, 1.807) is 12.1 Å². The van der Waals surface area contributed by atoms with Crippen molar-refractivity contribution in [3.63, 3.8) is 0 Å². The number of morpholine rings is 2. The first-order valence-electron chi connectivity index (χ1n) is 12.8. The zero-order chi connectivity index (χ0) is 26.5. The first kappa shape index (κ1) is 26.5. The number of hydrogen-bond acceptors (Lipinski definition) is 8. The molecule has 202 valence electrons. The van der Waals surface area contributed by atoms with Crippen LogP contribution in [0, 0.1) is 0 Å². The Labute approximate surface area is 218 Å². The molecule has 0 atom stereocenters. The highest BCUT2D eigenvalue weighted by Gasteiger charge is 2.27. The van der Waals surface area contributed by atoms with E-state index in [0.717, 1.165) is 60.8 Å². The minimum absolute atomic E-state index is 0.0389. The second kappa shape index (κ2) is 11.7. The number of carbonyl (C=O) groups excluding carboxylic acids is 1. The van der Waals surface area contributed by atoms with E-state index in [1.807, 2.05) is 18.3 Å². The molecule has 0 saturated carbocycles. The largest absolute Gasteiger partial charge is 0.389 e. The lowest BCUT2D eigenvalue weighted by molar-refractivity contribution is -0.143. The Hall–Kier alpha value is -3.15. The first-order valence-corrected chi connectivity index (χ1v) is 12.8. The molecule has 0 aliphatic carbocycles. The van der Waals surface area contributed by atoms with Gasteiger partial charge in [0.2, 0.25) is 0 Å². The molecule has 0 spiro atoms. The molecule has 8 nitrogen and oxygen atoms in total. The van der Waals surface area contributed by atoms with Crippen LogP contribution in [-0.2, 0) is 27.2 Å². The van der Waals surface area contributed by atoms with Crippen LogP contribution in [0.2, 0.25) is 0 Å². The Morgan fingerprint density at radius 3 is 2.29 bits per heavy atom. The topological polar surface area (TPSA) is 80.7 Å². The molecular weight excluding hydrogens is 499 g/mol. The normalized spacial score (nSPS) is 17.2. The third-order valence-corrected chi connectivity index (χ3v) is 6.70. The number of hydrogen-bond donors (Lipinski definition) is 0. The first-order chi connectivity index (χ1) is 18.3. The summed E-state index contributed by atoms with van der Waals surface area (Å²) in [6, 6.07) is 9.16. The molecule has 4 heterocycles. The van der Waals surface area contributed by atoms with E-state index >= 15 is 0 Å². The number of Topliss-reactive ketones (excluding diaryl/α,β-unsaturated/α-hetero) is 1. The summed E-state index contributed by atoms with van der Waals surface area (Å²) in [6.07, 6.45) is -4.09. The van der Waals surface area contributed by atoms with Crippen LogP contribution in [0.4, 0.5) is 19.0 Å². The van der Waals surface area contributed by atoms with Gasteiger partial charge in [-0.05, 0) is 17.2 Å². The van der Waals surface area contributed by atoms with Crippen LogP contribution in [0.15, 0.2) is 36.5 Å². The van der Waals surface area contributed by atoms with E-state index in [2.05, 4.69) is 15.9 Å². The fraction of sp³-hybridized carbons (Fsp3) is 0.481. The van der Waals surface area contributed by atoms with E-state index in [1.165, 1.54) is 0 Å². The lowest BCUT2D eigenvalue weighted by atomic mass is 10.0. The second-order valence-corrected chi connectivity index (χ2v) is 9.60. The molecular formula is C27H30F3N5O3. The fourth-order valence-electron chi connectivity index (χ4n) is 4.64. The van der Waals surface area contributed by atoms with Crippen molar-refractivity contribution in [2.45, 2.75) is 32.0 Å². The van der Waals surface area contributed by atoms with Gasteiger partial charge in [-0.1, -0.05) is 24.3 Å². The van der Waals surface area contributed by atoms with Gasteiger partial charge in [0.1, 0.15) is 11.3 Å². The maximum atomic E-state index is 12.4. The summed E-state index contributed by atoms with van der Waals surface area (Å²) >= 11 is 0. The van der Waals surface area contributed by atoms with Gasteiger partial charge in [-0.25, -0.2) is 9.97 Å². The summed E-state index contributed by atoms with van der Waals surface area (Å²) in [5.74, 6) is 0.836. The van der Waals surface area contributed by atoms with Crippen LogP contribution in [0.25, 0.3) is 22.4 Å². The molecule has 2 saturated heterocycles. The second-order valence-electron chi connectivity index (χ2n) is 9.60. The summed E-state index contributed by atoms with van der Waals surface area (Å²) in [7, 11) is 0. The number of ketones is 1. The molecule has 0 unspecified atom stereocenters. The van der Waals surface area contributed by atoms with E-state index in [4.69, 9.17) is 24.4 Å². The average Bonchev–Trinajstić information content (AvgIpc) is 2.92. The van der Waals surface area contributed by atoms with E-state index in [-0.39, 0.29) is 6.42 Å². The van der Waals surface area contributed by atoms with Crippen molar-refractivity contribution >= 4 is 22.6 Å². The van der Waals surface area contributed by atoms with Gasteiger partial charge in [0.25, 0.3) is 0 Å². The van der Waals surface area contributed by atoms with Gasteiger partial charge in [0.05, 0.1) is 38.4 Å². The van der Waals surface area contributed by atoms with Crippen molar-refractivity contribution in [3.8, 4) is 11.4 Å². The maximum absolute atomic E-state index is 12.4. The number of aromatic nitrogens is 3. The SMILES string of the molecule is O=C(CCC(F)(F)F)Cc1ccc(-c2nc(N3CCOCC3)c3ncc(CN4CCOCC4)cc3n2)cc1. The predicted octanol–water partition coefficient (Wildman–Crippen LogP) is 3.81. The van der Waals surface area contributed by atoms with Crippen LogP contribution in [0.1, 0.15) is 24.0 Å². The van der Waals surface area contributed by atoms with Gasteiger partial charge >= 0.3 is 6.18 Å². The van der Waals surface area contributed by atoms with E-state index < -0.39 is 24.8 Å². The van der Waals surface area contributed by atoms with Crippen LogP contribution < -0.4 is 4.90 Å². The van der Waals surface area contributed by atoms with Gasteiger partial charge < -0.3 is 14.4 Å². The number of nitrogens with zero attached hydrogens (tertiary/aromatic N) is 5. The summed E-state index contributed by atoms with van der Waals surface area (Å²) in [4.78, 5) is 30.9. The van der Waals surface area contributed by atoms with Gasteiger partial charge in [-0.15, -0.1) is 0 Å². The Balaban J connectivity index is 1.41. The zero-order valence-corrected chi connectivity index (χ0v) is 21.0. The van der Waals surface area contributed by atoms with Gasteiger partial charge in [0.15, 0.2) is 11.6 Å². The summed E-state index contributed by atoms with van der Waals surface area (Å²) in [5.41, 5.74) is 3.95. The van der Waals surface area contributed by atoms with Crippen molar-refractivity contribution < 1.29 is 27.4 Å². The Morgan fingerprint density at radius 2 is 1.61 bits per heavy atom. The van der Waals surface area contributed by atoms with Gasteiger partial charge in [-0.2, -0.15) is 13.2 Å². The molecule has 0 N–H and O–H groups in total. The quantitative estimate of drug-likeness (QED) is 0.436. The Bertz CT molecular complexity index is 1260. The van der Waals surface area contributed by atoms with Crippen molar-refractivity contribution in [2.24, 2.45) is 0 Å². The van der Waals surface area contributed by atoms with E-state index in [0.29, 0.717) is 37.7 Å². The Morgan fingerprint density at radius 1 is 0.921 bits per heavy atom. The van der Waals surface area contributed by atoms with Gasteiger partial charge in [-0.3, -0.25) is 14.7 Å². The summed E-state index contributed by atoms with van der Waals surface area (Å²) in [5, 5.41) is 0. The van der Waals surface area contributed by atoms with Crippen molar-refractivity contribution in [1.82, 2.24) is 19.9 Å². The highest BCUT2D eigenvalue weighted by atomic mass is 19.4. The third-order valence-electron chi connectivity index (χ3n) is 6.70. The summed E-state index contributed by atoms with van der Waals surface area (Å²) in [6.45, 7) is 6.55. The molecule has 2 aliphatic rings. The standard InChI is InChI=1S/C27H30F3N5O3/c28-27(29,30)6-5-22(36)15-19-1-3-21(4-2-19)25-32-23-16-20(18-34-7-11-37-12-8-34)17-31-24(23)26(33-25)35-9-13-38-14-10-35/h1-4,16-17H,5-15,18H2. The molecule has 0 amide bonds. The highest BCUT2D eigenvalue weighted by Crippen LogP contribution is 2.28. The van der Waals surface area contributed by atoms with Crippen molar-refractivity contribution in [1.29, 1.82) is 0 Å². The third kappa shape index (κ3) is 6.83. The molecule has 3 aromatic rings. The highest BCUT2D eigenvalue weighted by molar-refractivity contribution is 5.88. The average molecular weight is 530 g/mol. The predicted molar refractivity (Wildman–Crippen MR) is 136 cm³/mol. The van der Waals surface area contributed by atoms with Crippen LogP contribution >= 0.6 is 0 Å². The minimum atomic E-state index is -4.33. The number of halogens is 3. The lowest BCUT2D eigenvalue weighted by Gasteiger charge is -2.29. The number of ether oxygens (including phenoxy) is 2. The number of pyridine rings is 1. The minimum Gasteiger partial charge on any atom is -0.379 e. The van der Waals surface area contributed by atoms with Crippen LogP contribution in [0.5, 0.6) is 0 Å². The molecule has 0 bridgehead atoms. The number of rotatable bonds is 8.